The van der Waals surface area contributed by atoms with E-state index in [9.17, 15) is 4.39 Å². The van der Waals surface area contributed by atoms with Gasteiger partial charge in [0.05, 0.1) is 6.61 Å². The summed E-state index contributed by atoms with van der Waals surface area (Å²) >= 11 is 3.42. The molecule has 140 valence electrons. The second-order valence-corrected chi connectivity index (χ2v) is 9.12. The molecule has 1 aliphatic rings. The van der Waals surface area contributed by atoms with Crippen molar-refractivity contribution in [2.24, 2.45) is 0 Å². The zero-order valence-corrected chi connectivity index (χ0v) is 17.1. The van der Waals surface area contributed by atoms with Crippen molar-refractivity contribution in [3.8, 4) is 21.6 Å². The first-order chi connectivity index (χ1) is 13.1. The van der Waals surface area contributed by atoms with Crippen molar-refractivity contribution in [1.29, 1.82) is 0 Å². The lowest BCUT2D eigenvalue weighted by atomic mass is 10.0. The fraction of sp³-hybridized carbons (Fsp3) is 0.273. The molecule has 0 radical (unpaired) electrons. The molecule has 0 amide bonds. The lowest BCUT2D eigenvalue weighted by molar-refractivity contribution is 0.115. The second kappa shape index (κ2) is 8.15. The molecule has 2 nitrogen and oxygen atoms in total. The summed E-state index contributed by atoms with van der Waals surface area (Å²) in [5.41, 5.74) is 3.37. The molecular formula is C22H22FNOS2. The molecule has 2 heterocycles. The molecule has 5 heteroatoms. The maximum Gasteiger partial charge on any atom is 0.123 e. The van der Waals surface area contributed by atoms with Crippen molar-refractivity contribution in [3.63, 3.8) is 0 Å². The third kappa shape index (κ3) is 4.11. The molecule has 2 aromatic carbocycles. The number of thiophene rings is 1. The van der Waals surface area contributed by atoms with E-state index in [2.05, 4.69) is 49.3 Å². The third-order valence-electron chi connectivity index (χ3n) is 4.50. The summed E-state index contributed by atoms with van der Waals surface area (Å²) in [6, 6.07) is 15.7. The Bertz CT molecular complexity index is 951. The third-order valence-corrected chi connectivity index (χ3v) is 6.80. The van der Waals surface area contributed by atoms with Gasteiger partial charge < -0.3 is 9.64 Å². The van der Waals surface area contributed by atoms with Crippen molar-refractivity contribution >= 4 is 23.1 Å². The van der Waals surface area contributed by atoms with Gasteiger partial charge in [0.15, 0.2) is 0 Å². The average Bonchev–Trinajstić information content (AvgIpc) is 3.02. The number of rotatable bonds is 6. The van der Waals surface area contributed by atoms with Gasteiger partial charge in [0.1, 0.15) is 5.82 Å². The highest BCUT2D eigenvalue weighted by Gasteiger charge is 2.22. The predicted octanol–water partition coefficient (Wildman–Crippen LogP) is 6.15. The second-order valence-electron chi connectivity index (χ2n) is 6.90. The van der Waals surface area contributed by atoms with Gasteiger partial charge in [0.2, 0.25) is 0 Å². The largest absolute Gasteiger partial charge is 0.376 e. The molecule has 0 unspecified atom stereocenters. The number of nitrogens with zero attached hydrogens (tertiary/aromatic N) is 1. The van der Waals surface area contributed by atoms with Gasteiger partial charge >= 0.3 is 0 Å². The predicted molar refractivity (Wildman–Crippen MR) is 112 cm³/mol. The van der Waals surface area contributed by atoms with Crippen molar-refractivity contribution < 1.29 is 9.13 Å². The molecule has 0 saturated heterocycles. The zero-order valence-electron chi connectivity index (χ0n) is 15.5. The fourth-order valence-corrected chi connectivity index (χ4v) is 5.52. The molecule has 1 aromatic heterocycles. The van der Waals surface area contributed by atoms with Crippen LogP contribution >= 0.6 is 23.1 Å². The SMILES string of the molecule is CN(C)CCCOCc1cc2c(s1)-c1cc(F)ccc1Sc1ccccc1-2. The number of fused-ring (bicyclic) bond motifs is 5. The van der Waals surface area contributed by atoms with E-state index >= 15 is 0 Å². The van der Waals surface area contributed by atoms with E-state index in [1.165, 1.54) is 20.9 Å². The van der Waals surface area contributed by atoms with Crippen LogP contribution in [0.2, 0.25) is 0 Å². The van der Waals surface area contributed by atoms with Crippen LogP contribution in [-0.2, 0) is 11.3 Å². The Morgan fingerprint density at radius 2 is 1.78 bits per heavy atom. The first kappa shape index (κ1) is 18.7. The van der Waals surface area contributed by atoms with Gasteiger partial charge in [-0.3, -0.25) is 0 Å². The number of hydrogen-bond acceptors (Lipinski definition) is 4. The van der Waals surface area contributed by atoms with Crippen LogP contribution < -0.4 is 0 Å². The summed E-state index contributed by atoms with van der Waals surface area (Å²) in [5, 5.41) is 0. The molecule has 0 saturated carbocycles. The Labute approximate surface area is 168 Å². The minimum atomic E-state index is -0.193. The van der Waals surface area contributed by atoms with Crippen LogP contribution in [0.4, 0.5) is 4.39 Å². The number of benzene rings is 2. The zero-order chi connectivity index (χ0) is 18.8. The maximum atomic E-state index is 14.0. The number of ether oxygens (including phenoxy) is 1. The van der Waals surface area contributed by atoms with Gasteiger partial charge in [0, 0.05) is 37.3 Å². The van der Waals surface area contributed by atoms with Crippen LogP contribution in [0.15, 0.2) is 58.3 Å². The van der Waals surface area contributed by atoms with E-state index in [0.717, 1.165) is 34.9 Å². The molecule has 0 spiro atoms. The van der Waals surface area contributed by atoms with Crippen molar-refractivity contribution in [1.82, 2.24) is 4.90 Å². The molecule has 0 aliphatic carbocycles. The molecule has 1 aliphatic heterocycles. The molecule has 0 N–H and O–H groups in total. The van der Waals surface area contributed by atoms with E-state index in [4.69, 9.17) is 4.74 Å². The summed E-state index contributed by atoms with van der Waals surface area (Å²) < 4.78 is 19.9. The van der Waals surface area contributed by atoms with Crippen LogP contribution in [0.5, 0.6) is 0 Å². The minimum absolute atomic E-state index is 0.193. The van der Waals surface area contributed by atoms with Gasteiger partial charge in [-0.05, 0) is 63.0 Å². The summed E-state index contributed by atoms with van der Waals surface area (Å²) in [6.07, 6.45) is 1.02. The van der Waals surface area contributed by atoms with Crippen molar-refractivity contribution in [2.45, 2.75) is 22.8 Å². The Kier molecular flexibility index (Phi) is 5.64. The lowest BCUT2D eigenvalue weighted by Gasteiger charge is -2.09. The number of halogens is 1. The quantitative estimate of drug-likeness (QED) is 0.361. The summed E-state index contributed by atoms with van der Waals surface area (Å²) in [6.45, 7) is 2.38. The summed E-state index contributed by atoms with van der Waals surface area (Å²) in [4.78, 5) is 6.79. The Hall–Kier alpha value is -1.66. The molecule has 3 aromatic rings. The van der Waals surface area contributed by atoms with E-state index in [0.29, 0.717) is 6.61 Å². The first-order valence-electron chi connectivity index (χ1n) is 9.04. The highest BCUT2D eigenvalue weighted by molar-refractivity contribution is 7.99. The molecule has 0 bridgehead atoms. The average molecular weight is 400 g/mol. The fourth-order valence-electron chi connectivity index (χ4n) is 3.23. The van der Waals surface area contributed by atoms with E-state index in [-0.39, 0.29) is 5.82 Å². The highest BCUT2D eigenvalue weighted by atomic mass is 32.2. The molecule has 0 fully saturated rings. The van der Waals surface area contributed by atoms with Gasteiger partial charge in [-0.1, -0.05) is 30.0 Å². The molecule has 4 rings (SSSR count). The standard InChI is InChI=1S/C22H22FNOS2/c1-24(2)10-5-11-25-14-16-13-18-17-6-3-4-7-20(17)27-21-9-8-15(23)12-19(21)22(18)26-16/h3-4,6-9,12-13H,5,10-11,14H2,1-2H3. The summed E-state index contributed by atoms with van der Waals surface area (Å²) in [5.74, 6) is -0.193. The molecule has 27 heavy (non-hydrogen) atoms. The Morgan fingerprint density at radius 3 is 2.63 bits per heavy atom. The van der Waals surface area contributed by atoms with E-state index < -0.39 is 0 Å². The monoisotopic (exact) mass is 399 g/mol. The van der Waals surface area contributed by atoms with E-state index in [1.807, 2.05) is 6.07 Å². The van der Waals surface area contributed by atoms with Crippen LogP contribution in [0.3, 0.4) is 0 Å². The van der Waals surface area contributed by atoms with Gasteiger partial charge in [-0.15, -0.1) is 11.3 Å². The van der Waals surface area contributed by atoms with Gasteiger partial charge in [-0.25, -0.2) is 4.39 Å². The molecule has 0 atom stereocenters. The van der Waals surface area contributed by atoms with Crippen LogP contribution in [0.1, 0.15) is 11.3 Å². The molecular weight excluding hydrogens is 377 g/mol. The van der Waals surface area contributed by atoms with Gasteiger partial charge in [-0.2, -0.15) is 0 Å². The van der Waals surface area contributed by atoms with Crippen LogP contribution in [0, 0.1) is 5.82 Å². The normalized spacial score (nSPS) is 12.4. The first-order valence-corrected chi connectivity index (χ1v) is 10.7. The minimum Gasteiger partial charge on any atom is -0.376 e. The number of hydrogen-bond donors (Lipinski definition) is 0. The van der Waals surface area contributed by atoms with Gasteiger partial charge in [0.25, 0.3) is 0 Å². The van der Waals surface area contributed by atoms with Crippen LogP contribution in [0.25, 0.3) is 21.6 Å². The lowest BCUT2D eigenvalue weighted by Crippen LogP contribution is -2.14. The van der Waals surface area contributed by atoms with Crippen molar-refractivity contribution in [3.05, 3.63) is 59.2 Å². The summed E-state index contributed by atoms with van der Waals surface area (Å²) in [7, 11) is 4.14. The Balaban J connectivity index is 1.65. The maximum absolute atomic E-state index is 14.0. The van der Waals surface area contributed by atoms with Crippen LogP contribution in [-0.4, -0.2) is 32.1 Å². The Morgan fingerprint density at radius 1 is 0.963 bits per heavy atom. The van der Waals surface area contributed by atoms with Crippen molar-refractivity contribution in [2.75, 3.05) is 27.2 Å². The highest BCUT2D eigenvalue weighted by Crippen LogP contribution is 2.51. The smallest absolute Gasteiger partial charge is 0.123 e. The van der Waals surface area contributed by atoms with E-state index in [1.54, 1.807) is 35.2 Å². The topological polar surface area (TPSA) is 12.5 Å².